The maximum absolute atomic E-state index is 13.0. The summed E-state index contributed by atoms with van der Waals surface area (Å²) in [5, 5.41) is 0. The highest BCUT2D eigenvalue weighted by molar-refractivity contribution is 5.89. The zero-order chi connectivity index (χ0) is 15.3. The number of carbonyl (C=O) groups excluding carboxylic acids is 1. The average Bonchev–Trinajstić information content (AvgIpc) is 2.93. The maximum atomic E-state index is 13.0. The smallest absolute Gasteiger partial charge is 0.243 e. The molecule has 3 atom stereocenters. The summed E-state index contributed by atoms with van der Waals surface area (Å²) in [6, 6.07) is 0.553. The zero-order valence-corrected chi connectivity index (χ0v) is 13.6. The van der Waals surface area contributed by atoms with Crippen LogP contribution in [0, 0.1) is 5.41 Å². The Labute approximate surface area is 127 Å². The number of piperazine rings is 1. The molecule has 2 N–H and O–H groups in total. The molecule has 1 amide bonds. The van der Waals surface area contributed by atoms with Crippen LogP contribution in [0.1, 0.15) is 40.0 Å². The first-order valence-electron chi connectivity index (χ1n) is 8.34. The van der Waals surface area contributed by atoms with E-state index in [2.05, 4.69) is 18.7 Å². The van der Waals surface area contributed by atoms with Gasteiger partial charge >= 0.3 is 0 Å². The first kappa shape index (κ1) is 15.3. The number of carbonyl (C=O) groups is 1. The lowest BCUT2D eigenvalue weighted by Gasteiger charge is -2.59. The SMILES string of the molecule is CCOC1CC(N)(C(=O)N2CCN3CCCC3C2)C1(C)C. The Morgan fingerprint density at radius 3 is 2.76 bits per heavy atom. The van der Waals surface area contributed by atoms with Crippen LogP contribution in [0.3, 0.4) is 0 Å². The van der Waals surface area contributed by atoms with Gasteiger partial charge in [0.1, 0.15) is 5.54 Å². The molecule has 0 aromatic carbocycles. The molecule has 0 radical (unpaired) electrons. The summed E-state index contributed by atoms with van der Waals surface area (Å²) in [5.41, 5.74) is 5.49. The van der Waals surface area contributed by atoms with Gasteiger partial charge in [-0.2, -0.15) is 0 Å². The van der Waals surface area contributed by atoms with Crippen LogP contribution in [0.15, 0.2) is 0 Å². The standard InChI is InChI=1S/C16H29N3O2/c1-4-21-13-10-16(17,15(13,2)3)14(20)19-9-8-18-7-5-6-12(18)11-19/h12-13H,4-11,17H2,1-3H3. The number of rotatable bonds is 3. The number of amides is 1. The van der Waals surface area contributed by atoms with Crippen molar-refractivity contribution in [3.8, 4) is 0 Å². The van der Waals surface area contributed by atoms with Crippen LogP contribution >= 0.6 is 0 Å². The minimum atomic E-state index is -0.756. The Bertz CT molecular complexity index is 426. The molecule has 0 spiro atoms. The molecule has 0 bridgehead atoms. The molecular weight excluding hydrogens is 266 g/mol. The van der Waals surface area contributed by atoms with Gasteiger partial charge < -0.3 is 15.4 Å². The van der Waals surface area contributed by atoms with Crippen molar-refractivity contribution < 1.29 is 9.53 Å². The van der Waals surface area contributed by atoms with Crippen LogP contribution in [0.4, 0.5) is 0 Å². The second-order valence-electron chi connectivity index (χ2n) is 7.42. The molecule has 3 rings (SSSR count). The number of fused-ring (bicyclic) bond motifs is 1. The van der Waals surface area contributed by atoms with E-state index in [1.807, 2.05) is 11.8 Å². The molecule has 120 valence electrons. The van der Waals surface area contributed by atoms with Crippen LogP contribution < -0.4 is 5.73 Å². The Balaban J connectivity index is 1.68. The Kier molecular flexibility index (Phi) is 3.79. The zero-order valence-electron chi connectivity index (χ0n) is 13.6. The topological polar surface area (TPSA) is 58.8 Å². The van der Waals surface area contributed by atoms with Crippen LogP contribution in [-0.4, -0.2) is 66.2 Å². The number of nitrogens with zero attached hydrogens (tertiary/aromatic N) is 2. The molecular formula is C16H29N3O2. The molecule has 5 heteroatoms. The average molecular weight is 295 g/mol. The van der Waals surface area contributed by atoms with E-state index in [0.717, 1.165) is 19.6 Å². The van der Waals surface area contributed by atoms with Gasteiger partial charge in [0.05, 0.1) is 6.10 Å². The van der Waals surface area contributed by atoms with E-state index in [1.165, 1.54) is 19.4 Å². The van der Waals surface area contributed by atoms with Gasteiger partial charge in [-0.3, -0.25) is 9.69 Å². The Hall–Kier alpha value is -0.650. The summed E-state index contributed by atoms with van der Waals surface area (Å²) in [5.74, 6) is 0.134. The molecule has 5 nitrogen and oxygen atoms in total. The molecule has 1 saturated carbocycles. The fourth-order valence-corrected chi connectivity index (χ4v) is 4.26. The third-order valence-electron chi connectivity index (χ3n) is 6.09. The molecule has 3 unspecified atom stereocenters. The van der Waals surface area contributed by atoms with E-state index in [4.69, 9.17) is 10.5 Å². The predicted molar refractivity (Wildman–Crippen MR) is 81.9 cm³/mol. The van der Waals surface area contributed by atoms with Gasteiger partial charge in [-0.05, 0) is 26.3 Å². The van der Waals surface area contributed by atoms with Gasteiger partial charge in [0.15, 0.2) is 0 Å². The van der Waals surface area contributed by atoms with Gasteiger partial charge in [-0.15, -0.1) is 0 Å². The number of ether oxygens (including phenoxy) is 1. The van der Waals surface area contributed by atoms with E-state index >= 15 is 0 Å². The van der Waals surface area contributed by atoms with E-state index in [1.54, 1.807) is 0 Å². The third-order valence-corrected chi connectivity index (χ3v) is 6.09. The summed E-state index contributed by atoms with van der Waals surface area (Å²) in [6.07, 6.45) is 3.23. The number of hydrogen-bond acceptors (Lipinski definition) is 4. The Morgan fingerprint density at radius 2 is 2.10 bits per heavy atom. The fraction of sp³-hybridized carbons (Fsp3) is 0.938. The second-order valence-corrected chi connectivity index (χ2v) is 7.42. The lowest BCUT2D eigenvalue weighted by atomic mass is 9.54. The van der Waals surface area contributed by atoms with Crippen molar-refractivity contribution in [3.05, 3.63) is 0 Å². The molecule has 2 heterocycles. The van der Waals surface area contributed by atoms with Crippen LogP contribution in [0.25, 0.3) is 0 Å². The summed E-state index contributed by atoms with van der Waals surface area (Å²) in [4.78, 5) is 17.5. The molecule has 1 aliphatic carbocycles. The third kappa shape index (κ3) is 2.21. The normalized spacial score (nSPS) is 39.0. The van der Waals surface area contributed by atoms with Crippen molar-refractivity contribution in [2.75, 3.05) is 32.8 Å². The van der Waals surface area contributed by atoms with Crippen molar-refractivity contribution in [3.63, 3.8) is 0 Å². The summed E-state index contributed by atoms with van der Waals surface area (Å²) >= 11 is 0. The van der Waals surface area contributed by atoms with Gasteiger partial charge in [0.25, 0.3) is 0 Å². The molecule has 0 aromatic rings. The molecule has 0 aromatic heterocycles. The molecule has 2 saturated heterocycles. The van der Waals surface area contributed by atoms with Crippen molar-refractivity contribution in [2.24, 2.45) is 11.1 Å². The Morgan fingerprint density at radius 1 is 1.33 bits per heavy atom. The van der Waals surface area contributed by atoms with Gasteiger partial charge in [0, 0.05) is 44.1 Å². The molecule has 3 fully saturated rings. The van der Waals surface area contributed by atoms with Crippen molar-refractivity contribution >= 4 is 5.91 Å². The summed E-state index contributed by atoms with van der Waals surface area (Å²) in [7, 11) is 0. The van der Waals surface area contributed by atoms with Crippen LogP contribution in [-0.2, 0) is 9.53 Å². The monoisotopic (exact) mass is 295 g/mol. The van der Waals surface area contributed by atoms with Crippen molar-refractivity contribution in [2.45, 2.75) is 57.7 Å². The highest BCUT2D eigenvalue weighted by Crippen LogP contribution is 2.50. The van der Waals surface area contributed by atoms with E-state index in [-0.39, 0.29) is 17.4 Å². The molecule has 2 aliphatic heterocycles. The molecule has 21 heavy (non-hydrogen) atoms. The maximum Gasteiger partial charge on any atom is 0.243 e. The predicted octanol–water partition coefficient (Wildman–Crippen LogP) is 0.826. The molecule has 3 aliphatic rings. The number of nitrogens with two attached hydrogens (primary N) is 1. The van der Waals surface area contributed by atoms with Crippen molar-refractivity contribution in [1.82, 2.24) is 9.80 Å². The van der Waals surface area contributed by atoms with E-state index in [0.29, 0.717) is 19.1 Å². The van der Waals surface area contributed by atoms with Crippen LogP contribution in [0.5, 0.6) is 0 Å². The number of hydrogen-bond donors (Lipinski definition) is 1. The fourth-order valence-electron chi connectivity index (χ4n) is 4.26. The van der Waals surface area contributed by atoms with E-state index < -0.39 is 5.54 Å². The first-order chi connectivity index (χ1) is 9.90. The lowest BCUT2D eigenvalue weighted by molar-refractivity contribution is -0.181. The highest BCUT2D eigenvalue weighted by Gasteiger charge is 2.64. The lowest BCUT2D eigenvalue weighted by Crippen LogP contribution is -2.76. The summed E-state index contributed by atoms with van der Waals surface area (Å²) in [6.45, 7) is 10.7. The first-order valence-corrected chi connectivity index (χ1v) is 8.34. The minimum Gasteiger partial charge on any atom is -0.378 e. The second kappa shape index (κ2) is 5.21. The minimum absolute atomic E-state index is 0.101. The van der Waals surface area contributed by atoms with Gasteiger partial charge in [0.2, 0.25) is 5.91 Å². The largest absolute Gasteiger partial charge is 0.378 e. The van der Waals surface area contributed by atoms with E-state index in [9.17, 15) is 4.79 Å². The van der Waals surface area contributed by atoms with Crippen molar-refractivity contribution in [1.29, 1.82) is 0 Å². The van der Waals surface area contributed by atoms with Crippen LogP contribution in [0.2, 0.25) is 0 Å². The van der Waals surface area contributed by atoms with Gasteiger partial charge in [-0.1, -0.05) is 13.8 Å². The summed E-state index contributed by atoms with van der Waals surface area (Å²) < 4.78 is 5.74. The quantitative estimate of drug-likeness (QED) is 0.838. The highest BCUT2D eigenvalue weighted by atomic mass is 16.5. The van der Waals surface area contributed by atoms with Gasteiger partial charge in [-0.25, -0.2) is 0 Å².